The number of hydrogen-bond acceptors (Lipinski definition) is 3. The third-order valence-corrected chi connectivity index (χ3v) is 2.86. The van der Waals surface area contributed by atoms with Crippen LogP contribution in [0.5, 0.6) is 5.88 Å². The van der Waals surface area contributed by atoms with Gasteiger partial charge in [0.1, 0.15) is 0 Å². The average molecular weight is 236 g/mol. The quantitative estimate of drug-likeness (QED) is 0.792. The first-order valence-electron chi connectivity index (χ1n) is 6.36. The molecule has 0 aliphatic heterocycles. The molecule has 1 heterocycles. The molecular weight excluding hydrogens is 212 g/mol. The fourth-order valence-electron chi connectivity index (χ4n) is 1.85. The van der Waals surface area contributed by atoms with Crippen LogP contribution in [0.4, 0.5) is 0 Å². The summed E-state index contributed by atoms with van der Waals surface area (Å²) in [5.41, 5.74) is 7.29. The molecule has 1 unspecified atom stereocenters. The van der Waals surface area contributed by atoms with Crippen molar-refractivity contribution < 1.29 is 4.74 Å². The molecule has 1 rings (SSSR count). The van der Waals surface area contributed by atoms with Crippen LogP contribution in [0.25, 0.3) is 0 Å². The Morgan fingerprint density at radius 1 is 1.29 bits per heavy atom. The SMILES string of the molecule is COc1ccc(CC(N)CCCC(C)C)cn1. The van der Waals surface area contributed by atoms with Crippen LogP contribution in [0.1, 0.15) is 38.7 Å². The van der Waals surface area contributed by atoms with Crippen molar-refractivity contribution in [3.63, 3.8) is 0 Å². The van der Waals surface area contributed by atoms with Crippen molar-refractivity contribution in [3.8, 4) is 5.88 Å². The fourth-order valence-corrected chi connectivity index (χ4v) is 1.85. The maximum atomic E-state index is 6.10. The van der Waals surface area contributed by atoms with E-state index in [2.05, 4.69) is 18.8 Å². The van der Waals surface area contributed by atoms with Crippen molar-refractivity contribution in [2.24, 2.45) is 11.7 Å². The van der Waals surface area contributed by atoms with Gasteiger partial charge in [0.25, 0.3) is 0 Å². The zero-order valence-electron chi connectivity index (χ0n) is 11.1. The molecule has 2 N–H and O–H groups in total. The van der Waals surface area contributed by atoms with Crippen LogP contribution >= 0.6 is 0 Å². The standard InChI is InChI=1S/C14H24N2O/c1-11(2)5-4-6-13(15)9-12-7-8-14(17-3)16-10-12/h7-8,10-11,13H,4-6,9,15H2,1-3H3. The molecular formula is C14H24N2O. The van der Waals surface area contributed by atoms with Crippen molar-refractivity contribution in [1.29, 1.82) is 0 Å². The van der Waals surface area contributed by atoms with Crippen LogP contribution in [0.3, 0.4) is 0 Å². The van der Waals surface area contributed by atoms with Crippen molar-refractivity contribution in [1.82, 2.24) is 4.98 Å². The highest BCUT2D eigenvalue weighted by atomic mass is 16.5. The third kappa shape index (κ3) is 5.68. The molecule has 3 nitrogen and oxygen atoms in total. The predicted octanol–water partition coefficient (Wildman–Crippen LogP) is 2.79. The van der Waals surface area contributed by atoms with Crippen molar-refractivity contribution in [2.75, 3.05) is 7.11 Å². The maximum Gasteiger partial charge on any atom is 0.212 e. The summed E-state index contributed by atoms with van der Waals surface area (Å²) in [6, 6.07) is 4.16. The summed E-state index contributed by atoms with van der Waals surface area (Å²) in [6.07, 6.45) is 6.30. The zero-order valence-corrected chi connectivity index (χ0v) is 11.1. The summed E-state index contributed by atoms with van der Waals surface area (Å²) in [6.45, 7) is 4.50. The van der Waals surface area contributed by atoms with E-state index in [0.717, 1.165) is 18.8 Å². The Bertz CT molecular complexity index is 309. The van der Waals surface area contributed by atoms with Gasteiger partial charge in [-0.2, -0.15) is 0 Å². The van der Waals surface area contributed by atoms with Gasteiger partial charge in [-0.25, -0.2) is 4.98 Å². The van der Waals surface area contributed by atoms with Gasteiger partial charge in [-0.15, -0.1) is 0 Å². The van der Waals surface area contributed by atoms with Crippen LogP contribution in [0.15, 0.2) is 18.3 Å². The van der Waals surface area contributed by atoms with Gasteiger partial charge in [-0.05, 0) is 24.3 Å². The summed E-state index contributed by atoms with van der Waals surface area (Å²) in [7, 11) is 1.62. The van der Waals surface area contributed by atoms with E-state index < -0.39 is 0 Å². The second-order valence-electron chi connectivity index (χ2n) is 5.00. The second kappa shape index (κ2) is 7.28. The van der Waals surface area contributed by atoms with Gasteiger partial charge in [0.05, 0.1) is 7.11 Å². The summed E-state index contributed by atoms with van der Waals surface area (Å²) in [4.78, 5) is 4.18. The molecule has 0 spiro atoms. The lowest BCUT2D eigenvalue weighted by atomic mass is 9.99. The lowest BCUT2D eigenvalue weighted by molar-refractivity contribution is 0.397. The first kappa shape index (κ1) is 14.0. The summed E-state index contributed by atoms with van der Waals surface area (Å²) in [5, 5.41) is 0. The smallest absolute Gasteiger partial charge is 0.212 e. The highest BCUT2D eigenvalue weighted by Crippen LogP contribution is 2.12. The molecule has 0 saturated heterocycles. The van der Waals surface area contributed by atoms with Crippen LogP contribution in [0.2, 0.25) is 0 Å². The van der Waals surface area contributed by atoms with Crippen LogP contribution < -0.4 is 10.5 Å². The van der Waals surface area contributed by atoms with E-state index in [9.17, 15) is 0 Å². The summed E-state index contributed by atoms with van der Waals surface area (Å²) < 4.78 is 5.02. The summed E-state index contributed by atoms with van der Waals surface area (Å²) >= 11 is 0. The predicted molar refractivity (Wildman–Crippen MR) is 71.2 cm³/mol. The van der Waals surface area contributed by atoms with E-state index in [1.54, 1.807) is 7.11 Å². The normalized spacial score (nSPS) is 12.8. The second-order valence-corrected chi connectivity index (χ2v) is 5.00. The van der Waals surface area contributed by atoms with E-state index >= 15 is 0 Å². The minimum atomic E-state index is 0.240. The molecule has 0 bridgehead atoms. The molecule has 1 aromatic heterocycles. The first-order chi connectivity index (χ1) is 8.11. The topological polar surface area (TPSA) is 48.1 Å². The Hall–Kier alpha value is -1.09. The minimum Gasteiger partial charge on any atom is -0.481 e. The molecule has 1 atom stereocenters. The van der Waals surface area contributed by atoms with E-state index in [4.69, 9.17) is 10.5 Å². The molecule has 0 aliphatic carbocycles. The van der Waals surface area contributed by atoms with Crippen molar-refractivity contribution in [3.05, 3.63) is 23.9 Å². The molecule has 3 heteroatoms. The van der Waals surface area contributed by atoms with Gasteiger partial charge in [-0.3, -0.25) is 0 Å². The van der Waals surface area contributed by atoms with Crippen LogP contribution in [-0.2, 0) is 6.42 Å². The van der Waals surface area contributed by atoms with Crippen LogP contribution in [-0.4, -0.2) is 18.1 Å². The number of hydrogen-bond donors (Lipinski definition) is 1. The van der Waals surface area contributed by atoms with Gasteiger partial charge in [0, 0.05) is 18.3 Å². The fraction of sp³-hybridized carbons (Fsp3) is 0.643. The average Bonchev–Trinajstić information content (AvgIpc) is 2.29. The number of aromatic nitrogens is 1. The highest BCUT2D eigenvalue weighted by molar-refractivity contribution is 5.18. The van der Waals surface area contributed by atoms with Gasteiger partial charge >= 0.3 is 0 Å². The molecule has 0 radical (unpaired) electrons. The van der Waals surface area contributed by atoms with E-state index in [-0.39, 0.29) is 6.04 Å². The minimum absolute atomic E-state index is 0.240. The van der Waals surface area contributed by atoms with Crippen molar-refractivity contribution >= 4 is 0 Å². The Morgan fingerprint density at radius 3 is 2.59 bits per heavy atom. The van der Waals surface area contributed by atoms with Gasteiger partial charge in [0.15, 0.2) is 0 Å². The number of rotatable bonds is 7. The lowest BCUT2D eigenvalue weighted by Crippen LogP contribution is -2.22. The summed E-state index contributed by atoms with van der Waals surface area (Å²) in [5.74, 6) is 1.42. The van der Waals surface area contributed by atoms with E-state index in [1.807, 2.05) is 18.3 Å². The molecule has 0 aromatic carbocycles. The van der Waals surface area contributed by atoms with E-state index in [1.165, 1.54) is 18.4 Å². The van der Waals surface area contributed by atoms with E-state index in [0.29, 0.717) is 5.88 Å². The first-order valence-corrected chi connectivity index (χ1v) is 6.36. The molecule has 1 aromatic rings. The molecule has 96 valence electrons. The van der Waals surface area contributed by atoms with Crippen LogP contribution in [0, 0.1) is 5.92 Å². The number of nitrogens with zero attached hydrogens (tertiary/aromatic N) is 1. The highest BCUT2D eigenvalue weighted by Gasteiger charge is 2.05. The zero-order chi connectivity index (χ0) is 12.7. The number of pyridine rings is 1. The monoisotopic (exact) mass is 236 g/mol. The molecule has 0 amide bonds. The maximum absolute atomic E-state index is 6.10. The third-order valence-electron chi connectivity index (χ3n) is 2.86. The number of methoxy groups -OCH3 is 1. The number of ether oxygens (including phenoxy) is 1. The number of nitrogens with two attached hydrogens (primary N) is 1. The largest absolute Gasteiger partial charge is 0.481 e. The Balaban J connectivity index is 2.31. The molecule has 0 fully saturated rings. The Morgan fingerprint density at radius 2 is 2.06 bits per heavy atom. The molecule has 17 heavy (non-hydrogen) atoms. The Kier molecular flexibility index (Phi) is 5.98. The van der Waals surface area contributed by atoms with Gasteiger partial charge < -0.3 is 10.5 Å². The van der Waals surface area contributed by atoms with Gasteiger partial charge in [-0.1, -0.05) is 32.8 Å². The van der Waals surface area contributed by atoms with Gasteiger partial charge in [0.2, 0.25) is 5.88 Å². The molecule has 0 aliphatic rings. The van der Waals surface area contributed by atoms with Crippen molar-refractivity contribution in [2.45, 2.75) is 45.6 Å². The lowest BCUT2D eigenvalue weighted by Gasteiger charge is -2.12. The molecule has 0 saturated carbocycles. The Labute approximate surface area is 104 Å².